The average Bonchev–Trinajstić information content (AvgIpc) is 3.00. The SMILES string of the molecule is CCOC(=O)c1cn(C2CC(=O)C3OCC2O3)nc1N. The van der Waals surface area contributed by atoms with Gasteiger partial charge in [0.2, 0.25) is 6.29 Å². The van der Waals surface area contributed by atoms with E-state index >= 15 is 0 Å². The lowest BCUT2D eigenvalue weighted by Gasteiger charge is -2.26. The van der Waals surface area contributed by atoms with Crippen molar-refractivity contribution in [3.63, 3.8) is 0 Å². The van der Waals surface area contributed by atoms with E-state index in [0.717, 1.165) is 0 Å². The molecule has 2 fully saturated rings. The summed E-state index contributed by atoms with van der Waals surface area (Å²) in [6.07, 6.45) is 0.729. The van der Waals surface area contributed by atoms with Gasteiger partial charge in [-0.25, -0.2) is 4.79 Å². The average molecular weight is 281 g/mol. The minimum absolute atomic E-state index is 0.0805. The summed E-state index contributed by atoms with van der Waals surface area (Å²) in [5, 5.41) is 4.09. The van der Waals surface area contributed by atoms with Crippen LogP contribution in [0.2, 0.25) is 0 Å². The number of aromatic nitrogens is 2. The van der Waals surface area contributed by atoms with Gasteiger partial charge in [-0.15, -0.1) is 0 Å². The van der Waals surface area contributed by atoms with Crippen molar-refractivity contribution in [3.05, 3.63) is 11.8 Å². The normalized spacial score (nSPS) is 28.6. The van der Waals surface area contributed by atoms with Crippen molar-refractivity contribution in [2.24, 2.45) is 0 Å². The summed E-state index contributed by atoms with van der Waals surface area (Å²) in [6.45, 7) is 2.30. The third-order valence-electron chi connectivity index (χ3n) is 3.41. The maximum absolute atomic E-state index is 11.7. The molecule has 3 rings (SSSR count). The first-order valence-electron chi connectivity index (χ1n) is 6.41. The maximum Gasteiger partial charge on any atom is 0.343 e. The molecule has 0 saturated carbocycles. The first-order chi connectivity index (χ1) is 9.60. The van der Waals surface area contributed by atoms with E-state index in [2.05, 4.69) is 5.10 Å². The van der Waals surface area contributed by atoms with E-state index in [1.807, 2.05) is 0 Å². The van der Waals surface area contributed by atoms with Crippen LogP contribution in [-0.4, -0.2) is 47.1 Å². The van der Waals surface area contributed by atoms with Crippen LogP contribution in [0.25, 0.3) is 0 Å². The molecule has 3 heterocycles. The second-order valence-electron chi connectivity index (χ2n) is 4.71. The number of rotatable bonds is 3. The van der Waals surface area contributed by atoms with Gasteiger partial charge in [0.25, 0.3) is 0 Å². The molecule has 2 saturated heterocycles. The minimum Gasteiger partial charge on any atom is -0.462 e. The van der Waals surface area contributed by atoms with E-state index in [1.165, 1.54) is 10.9 Å². The molecule has 8 nitrogen and oxygen atoms in total. The molecular weight excluding hydrogens is 266 g/mol. The summed E-state index contributed by atoms with van der Waals surface area (Å²) < 4.78 is 17.1. The summed E-state index contributed by atoms with van der Waals surface area (Å²) in [5.74, 6) is -0.577. The predicted molar refractivity (Wildman–Crippen MR) is 65.9 cm³/mol. The van der Waals surface area contributed by atoms with Gasteiger partial charge in [-0.3, -0.25) is 9.48 Å². The van der Waals surface area contributed by atoms with Crippen LogP contribution in [0.15, 0.2) is 6.20 Å². The number of nitrogens with two attached hydrogens (primary N) is 1. The number of nitrogens with zero attached hydrogens (tertiary/aromatic N) is 2. The molecule has 8 heteroatoms. The molecule has 1 aromatic rings. The van der Waals surface area contributed by atoms with E-state index in [9.17, 15) is 9.59 Å². The molecule has 0 spiro atoms. The number of hydrogen-bond donors (Lipinski definition) is 1. The van der Waals surface area contributed by atoms with Gasteiger partial charge in [-0.2, -0.15) is 5.10 Å². The van der Waals surface area contributed by atoms with E-state index < -0.39 is 12.3 Å². The van der Waals surface area contributed by atoms with Gasteiger partial charge in [0.05, 0.1) is 19.3 Å². The molecule has 2 aliphatic rings. The van der Waals surface area contributed by atoms with Crippen molar-refractivity contribution < 1.29 is 23.8 Å². The monoisotopic (exact) mass is 281 g/mol. The van der Waals surface area contributed by atoms with Gasteiger partial charge in [0, 0.05) is 12.6 Å². The Morgan fingerprint density at radius 1 is 1.65 bits per heavy atom. The fourth-order valence-electron chi connectivity index (χ4n) is 2.43. The Kier molecular flexibility index (Phi) is 3.19. The van der Waals surface area contributed by atoms with E-state index in [-0.39, 0.29) is 42.3 Å². The molecule has 0 amide bonds. The largest absolute Gasteiger partial charge is 0.462 e. The van der Waals surface area contributed by atoms with E-state index in [4.69, 9.17) is 19.9 Å². The van der Waals surface area contributed by atoms with Gasteiger partial charge in [-0.1, -0.05) is 0 Å². The standard InChI is InChI=1S/C12H15N3O5/c1-2-18-11(17)6-4-15(14-10(6)13)7-3-8(16)12-19-5-9(7)20-12/h4,7,9,12H,2-3,5H2,1H3,(H2,13,14). The molecule has 2 bridgehead atoms. The number of carbonyl (C=O) groups excluding carboxylic acids is 2. The van der Waals surface area contributed by atoms with Gasteiger partial charge in [0.1, 0.15) is 11.7 Å². The van der Waals surface area contributed by atoms with Crippen molar-refractivity contribution in [2.75, 3.05) is 18.9 Å². The first kappa shape index (κ1) is 13.1. The van der Waals surface area contributed by atoms with Crippen molar-refractivity contribution >= 4 is 17.6 Å². The van der Waals surface area contributed by atoms with E-state index in [1.54, 1.807) is 6.92 Å². The van der Waals surface area contributed by atoms with Crippen LogP contribution in [0, 0.1) is 0 Å². The number of esters is 1. The summed E-state index contributed by atoms with van der Waals surface area (Å²) in [6, 6.07) is -0.313. The minimum atomic E-state index is -0.756. The Hall–Kier alpha value is -1.93. The molecule has 1 aromatic heterocycles. The molecular formula is C12H15N3O5. The van der Waals surface area contributed by atoms with Crippen LogP contribution in [0.3, 0.4) is 0 Å². The molecule has 2 N–H and O–H groups in total. The molecule has 3 atom stereocenters. The molecule has 108 valence electrons. The van der Waals surface area contributed by atoms with Crippen LogP contribution in [0.1, 0.15) is 29.7 Å². The van der Waals surface area contributed by atoms with Crippen molar-refractivity contribution in [1.82, 2.24) is 9.78 Å². The maximum atomic E-state index is 11.7. The van der Waals surface area contributed by atoms with Crippen LogP contribution in [0.4, 0.5) is 5.82 Å². The highest BCUT2D eigenvalue weighted by atomic mass is 16.7. The molecule has 3 unspecified atom stereocenters. The lowest BCUT2D eigenvalue weighted by atomic mass is 10.0. The molecule has 0 aromatic carbocycles. The topological polar surface area (TPSA) is 106 Å². The lowest BCUT2D eigenvalue weighted by molar-refractivity contribution is -0.156. The summed E-state index contributed by atoms with van der Waals surface area (Å²) in [7, 11) is 0. The van der Waals surface area contributed by atoms with Crippen molar-refractivity contribution in [1.29, 1.82) is 0 Å². The smallest absolute Gasteiger partial charge is 0.343 e. The summed E-state index contributed by atoms with van der Waals surface area (Å²) in [4.78, 5) is 23.5. The molecule has 2 aliphatic heterocycles. The summed E-state index contributed by atoms with van der Waals surface area (Å²) in [5.41, 5.74) is 5.92. The Labute approximate surface area is 114 Å². The lowest BCUT2D eigenvalue weighted by Crippen LogP contribution is -2.37. The second kappa shape index (κ2) is 4.88. The van der Waals surface area contributed by atoms with Gasteiger partial charge < -0.3 is 19.9 Å². The zero-order chi connectivity index (χ0) is 14.3. The fraction of sp³-hybridized carbons (Fsp3) is 0.583. The first-order valence-corrected chi connectivity index (χ1v) is 6.41. The third-order valence-corrected chi connectivity index (χ3v) is 3.41. The Morgan fingerprint density at radius 2 is 2.45 bits per heavy atom. The molecule has 0 aliphatic carbocycles. The zero-order valence-electron chi connectivity index (χ0n) is 10.9. The number of anilines is 1. The number of ketones is 1. The van der Waals surface area contributed by atoms with Gasteiger partial charge in [-0.05, 0) is 6.92 Å². The van der Waals surface area contributed by atoms with Crippen molar-refractivity contribution in [2.45, 2.75) is 31.8 Å². The van der Waals surface area contributed by atoms with Crippen LogP contribution < -0.4 is 5.73 Å². The van der Waals surface area contributed by atoms with Crippen LogP contribution >= 0.6 is 0 Å². The van der Waals surface area contributed by atoms with Gasteiger partial charge in [0.15, 0.2) is 11.6 Å². The highest BCUT2D eigenvalue weighted by Crippen LogP contribution is 2.33. The Bertz CT molecular complexity index is 555. The van der Waals surface area contributed by atoms with Crippen molar-refractivity contribution in [3.8, 4) is 0 Å². The number of nitrogen functional groups attached to an aromatic ring is 1. The Morgan fingerprint density at radius 3 is 3.20 bits per heavy atom. The molecule has 0 radical (unpaired) electrons. The van der Waals surface area contributed by atoms with Crippen LogP contribution in [0.5, 0.6) is 0 Å². The third kappa shape index (κ3) is 2.06. The highest BCUT2D eigenvalue weighted by molar-refractivity contribution is 5.93. The number of fused-ring (bicyclic) bond motifs is 2. The predicted octanol–water partition coefficient (Wildman–Crippen LogP) is -0.103. The van der Waals surface area contributed by atoms with Crippen LogP contribution in [-0.2, 0) is 19.0 Å². The highest BCUT2D eigenvalue weighted by Gasteiger charge is 2.44. The number of carbonyl (C=O) groups is 2. The summed E-state index contributed by atoms with van der Waals surface area (Å²) >= 11 is 0. The fourth-order valence-corrected chi connectivity index (χ4v) is 2.43. The zero-order valence-corrected chi connectivity index (χ0v) is 10.9. The quantitative estimate of drug-likeness (QED) is 0.771. The molecule has 20 heavy (non-hydrogen) atoms. The number of ether oxygens (including phenoxy) is 3. The second-order valence-corrected chi connectivity index (χ2v) is 4.71. The van der Waals surface area contributed by atoms with Gasteiger partial charge >= 0.3 is 5.97 Å². The number of hydrogen-bond acceptors (Lipinski definition) is 7. The van der Waals surface area contributed by atoms with E-state index in [0.29, 0.717) is 6.61 Å². The Balaban J connectivity index is 1.85. The number of Topliss-reactive ketones (excluding diaryl/α,β-unsaturated/α-hetero) is 1.